The fourth-order valence-corrected chi connectivity index (χ4v) is 3.57. The Hall–Kier alpha value is -2.47. The second-order valence-corrected chi connectivity index (χ2v) is 6.93. The number of carbonyl (C=O) groups is 2. The van der Waals surface area contributed by atoms with Gasteiger partial charge in [0.1, 0.15) is 0 Å². The summed E-state index contributed by atoms with van der Waals surface area (Å²) in [6.07, 6.45) is 2.28. The van der Waals surface area contributed by atoms with Gasteiger partial charge in [0.05, 0.1) is 5.71 Å². The van der Waals surface area contributed by atoms with E-state index in [4.69, 9.17) is 0 Å². The van der Waals surface area contributed by atoms with Crippen molar-refractivity contribution in [3.05, 3.63) is 52.2 Å². The topological polar surface area (TPSA) is 61.8 Å². The van der Waals surface area contributed by atoms with Crippen LogP contribution in [0.15, 0.2) is 46.9 Å². The van der Waals surface area contributed by atoms with Gasteiger partial charge in [-0.15, -0.1) is 11.3 Å². The Kier molecular flexibility index (Phi) is 5.60. The summed E-state index contributed by atoms with van der Waals surface area (Å²) in [6.45, 7) is 2.56. The normalized spacial score (nSPS) is 14.1. The Labute approximate surface area is 151 Å². The number of fused-ring (bicyclic) bond motifs is 1. The van der Waals surface area contributed by atoms with Crippen molar-refractivity contribution in [2.45, 2.75) is 32.6 Å². The van der Waals surface area contributed by atoms with Crippen LogP contribution in [-0.4, -0.2) is 24.1 Å². The van der Waals surface area contributed by atoms with E-state index in [1.54, 1.807) is 16.2 Å². The first-order valence-corrected chi connectivity index (χ1v) is 9.28. The van der Waals surface area contributed by atoms with Crippen LogP contribution >= 0.6 is 11.3 Å². The molecule has 1 aromatic heterocycles. The molecule has 0 bridgehead atoms. The number of hydrogen-bond acceptors (Lipinski definition) is 4. The Bertz CT molecular complexity index is 784. The van der Waals surface area contributed by atoms with Crippen LogP contribution in [0.25, 0.3) is 0 Å². The number of aryl methyl sites for hydroxylation is 1. The van der Waals surface area contributed by atoms with E-state index in [9.17, 15) is 9.59 Å². The molecule has 3 rings (SSSR count). The maximum absolute atomic E-state index is 12.5. The summed E-state index contributed by atoms with van der Waals surface area (Å²) < 4.78 is 0. The lowest BCUT2D eigenvalue weighted by atomic mass is 10.0. The van der Waals surface area contributed by atoms with Gasteiger partial charge in [-0.1, -0.05) is 24.3 Å². The Morgan fingerprint density at radius 2 is 2.04 bits per heavy atom. The number of rotatable bonds is 5. The smallest absolute Gasteiger partial charge is 0.240 e. The molecule has 0 saturated carbocycles. The highest BCUT2D eigenvalue weighted by molar-refractivity contribution is 7.12. The van der Waals surface area contributed by atoms with Crippen LogP contribution in [0.2, 0.25) is 0 Å². The molecule has 5 nitrogen and oxygen atoms in total. The molecule has 0 atom stereocenters. The molecule has 0 unspecified atom stereocenters. The molecule has 0 radical (unpaired) electrons. The minimum Gasteiger partial charge on any atom is -0.312 e. The molecule has 1 aromatic carbocycles. The summed E-state index contributed by atoms with van der Waals surface area (Å²) in [5.74, 6) is -0.254. The van der Waals surface area contributed by atoms with E-state index >= 15 is 0 Å². The zero-order valence-electron chi connectivity index (χ0n) is 14.2. The molecule has 0 spiro atoms. The third-order valence-electron chi connectivity index (χ3n) is 4.20. The van der Waals surface area contributed by atoms with Crippen LogP contribution < -0.4 is 10.3 Å². The number of nitrogens with one attached hydrogen (secondary N) is 1. The van der Waals surface area contributed by atoms with E-state index in [0.29, 0.717) is 6.54 Å². The molecule has 2 heterocycles. The van der Waals surface area contributed by atoms with Crippen LogP contribution in [0, 0.1) is 0 Å². The highest BCUT2D eigenvalue weighted by atomic mass is 32.1. The molecule has 25 heavy (non-hydrogen) atoms. The van der Waals surface area contributed by atoms with Gasteiger partial charge in [0.25, 0.3) is 0 Å². The van der Waals surface area contributed by atoms with Gasteiger partial charge in [-0.05, 0) is 42.8 Å². The van der Waals surface area contributed by atoms with Gasteiger partial charge in [-0.2, -0.15) is 5.10 Å². The summed E-state index contributed by atoms with van der Waals surface area (Å²) >= 11 is 1.57. The fraction of sp³-hybridized carbons (Fsp3) is 0.316. The Morgan fingerprint density at radius 3 is 2.84 bits per heavy atom. The van der Waals surface area contributed by atoms with Crippen molar-refractivity contribution < 1.29 is 9.59 Å². The van der Waals surface area contributed by atoms with Crippen LogP contribution in [0.3, 0.4) is 0 Å². The second-order valence-electron chi connectivity index (χ2n) is 5.99. The minimum atomic E-state index is -0.241. The van der Waals surface area contributed by atoms with Crippen molar-refractivity contribution in [2.24, 2.45) is 5.10 Å². The third kappa shape index (κ3) is 4.33. The van der Waals surface area contributed by atoms with E-state index in [1.165, 1.54) is 5.56 Å². The van der Waals surface area contributed by atoms with Crippen molar-refractivity contribution in [1.29, 1.82) is 0 Å². The first-order valence-electron chi connectivity index (χ1n) is 8.40. The summed E-state index contributed by atoms with van der Waals surface area (Å²) in [6, 6.07) is 11.9. The monoisotopic (exact) mass is 355 g/mol. The predicted octanol–water partition coefficient (Wildman–Crippen LogP) is 3.35. The lowest BCUT2D eigenvalue weighted by Gasteiger charge is -2.29. The maximum Gasteiger partial charge on any atom is 0.240 e. The highest BCUT2D eigenvalue weighted by Crippen LogP contribution is 2.27. The molecule has 0 aliphatic carbocycles. The fourth-order valence-electron chi connectivity index (χ4n) is 2.89. The van der Waals surface area contributed by atoms with E-state index in [1.807, 2.05) is 42.6 Å². The van der Waals surface area contributed by atoms with Gasteiger partial charge < -0.3 is 4.90 Å². The van der Waals surface area contributed by atoms with E-state index < -0.39 is 0 Å². The summed E-state index contributed by atoms with van der Waals surface area (Å²) in [7, 11) is 0. The molecule has 2 aromatic rings. The van der Waals surface area contributed by atoms with Gasteiger partial charge in [0.15, 0.2) is 0 Å². The van der Waals surface area contributed by atoms with Crippen LogP contribution in [-0.2, 0) is 16.0 Å². The molecular formula is C19H21N3O2S. The van der Waals surface area contributed by atoms with Gasteiger partial charge >= 0.3 is 0 Å². The van der Waals surface area contributed by atoms with Crippen molar-refractivity contribution in [2.75, 3.05) is 11.4 Å². The van der Waals surface area contributed by atoms with E-state index in [2.05, 4.69) is 16.6 Å². The number of carbonyl (C=O) groups excluding carboxylic acids is 2. The third-order valence-corrected chi connectivity index (χ3v) is 5.18. The molecule has 1 N–H and O–H groups in total. The second kappa shape index (κ2) is 8.07. The van der Waals surface area contributed by atoms with Gasteiger partial charge in [-0.3, -0.25) is 9.59 Å². The lowest BCUT2D eigenvalue weighted by molar-refractivity contribution is -0.125. The van der Waals surface area contributed by atoms with Gasteiger partial charge in [0, 0.05) is 30.0 Å². The number of benzene rings is 1. The molecule has 1 aliphatic rings. The van der Waals surface area contributed by atoms with Crippen molar-refractivity contribution in [3.63, 3.8) is 0 Å². The number of amides is 2. The number of hydrogen-bond donors (Lipinski definition) is 1. The molecule has 2 amide bonds. The molecule has 1 aliphatic heterocycles. The van der Waals surface area contributed by atoms with Crippen molar-refractivity contribution in [1.82, 2.24) is 5.43 Å². The van der Waals surface area contributed by atoms with Gasteiger partial charge in [0.2, 0.25) is 11.8 Å². The number of anilines is 1. The van der Waals surface area contributed by atoms with Gasteiger partial charge in [-0.25, -0.2) is 5.43 Å². The summed E-state index contributed by atoms with van der Waals surface area (Å²) in [5.41, 5.74) is 5.47. The standard InChI is InChI=1S/C19H21N3O2S/c1-14(17-9-5-13-25-17)20-21-18(23)10-11-19(24)22-12-4-7-15-6-2-3-8-16(15)22/h2-3,5-6,8-9,13H,4,7,10-12H2,1H3,(H,21,23). The first-order chi connectivity index (χ1) is 12.1. The number of para-hydroxylation sites is 1. The average Bonchev–Trinajstić information content (AvgIpc) is 3.18. The molecule has 6 heteroatoms. The average molecular weight is 355 g/mol. The maximum atomic E-state index is 12.5. The highest BCUT2D eigenvalue weighted by Gasteiger charge is 2.22. The molecule has 0 saturated heterocycles. The predicted molar refractivity (Wildman–Crippen MR) is 101 cm³/mol. The van der Waals surface area contributed by atoms with Crippen LogP contribution in [0.4, 0.5) is 5.69 Å². The largest absolute Gasteiger partial charge is 0.312 e. The van der Waals surface area contributed by atoms with Crippen LogP contribution in [0.5, 0.6) is 0 Å². The Balaban J connectivity index is 1.53. The SMILES string of the molecule is CC(=NNC(=O)CCC(=O)N1CCCc2ccccc21)c1cccs1. The lowest BCUT2D eigenvalue weighted by Crippen LogP contribution is -2.36. The Morgan fingerprint density at radius 1 is 1.20 bits per heavy atom. The zero-order valence-corrected chi connectivity index (χ0v) is 15.0. The summed E-state index contributed by atoms with van der Waals surface area (Å²) in [5, 5.41) is 6.06. The molecule has 0 fully saturated rings. The number of thiophene rings is 1. The van der Waals surface area contributed by atoms with Crippen molar-refractivity contribution in [3.8, 4) is 0 Å². The first kappa shape index (κ1) is 17.4. The molecule has 130 valence electrons. The summed E-state index contributed by atoms with van der Waals surface area (Å²) in [4.78, 5) is 27.3. The van der Waals surface area contributed by atoms with E-state index in [-0.39, 0.29) is 24.7 Å². The number of nitrogens with zero attached hydrogens (tertiary/aromatic N) is 2. The number of hydrazone groups is 1. The van der Waals surface area contributed by atoms with E-state index in [0.717, 1.165) is 29.1 Å². The minimum absolute atomic E-state index is 0.0127. The quantitative estimate of drug-likeness (QED) is 0.660. The zero-order chi connectivity index (χ0) is 17.6. The van der Waals surface area contributed by atoms with Crippen molar-refractivity contribution >= 4 is 34.6 Å². The molecular weight excluding hydrogens is 334 g/mol. The van der Waals surface area contributed by atoms with Crippen LogP contribution in [0.1, 0.15) is 36.6 Å².